The van der Waals surface area contributed by atoms with Crippen LogP contribution in [0.2, 0.25) is 0 Å². The van der Waals surface area contributed by atoms with Crippen molar-refractivity contribution < 1.29 is 0 Å². The molecule has 3 aromatic heterocycles. The number of para-hydroxylation sites is 1. The quantitative estimate of drug-likeness (QED) is 0.427. The second-order valence-electron chi connectivity index (χ2n) is 9.46. The molecule has 0 radical (unpaired) electrons. The number of nitriles is 1. The van der Waals surface area contributed by atoms with Gasteiger partial charge in [-0.15, -0.1) is 0 Å². The van der Waals surface area contributed by atoms with E-state index in [2.05, 4.69) is 40.8 Å². The Kier molecular flexibility index (Phi) is 5.12. The Morgan fingerprint density at radius 2 is 1.82 bits per heavy atom. The van der Waals surface area contributed by atoms with Gasteiger partial charge in [0, 0.05) is 50.6 Å². The smallest absolute Gasteiger partial charge is 0.103 e. The third-order valence-electron chi connectivity index (χ3n) is 7.61. The van der Waals surface area contributed by atoms with Gasteiger partial charge < -0.3 is 10.6 Å². The molecule has 6 rings (SSSR count). The summed E-state index contributed by atoms with van der Waals surface area (Å²) in [5.74, 6) is 0. The van der Waals surface area contributed by atoms with Crippen molar-refractivity contribution in [3.8, 4) is 17.2 Å². The van der Waals surface area contributed by atoms with Gasteiger partial charge in [0.15, 0.2) is 0 Å². The lowest BCUT2D eigenvalue weighted by Crippen LogP contribution is -2.40. The average Bonchev–Trinajstić information content (AvgIpc) is 3.47. The number of nitrogens with zero attached hydrogens (tertiary/aromatic N) is 6. The van der Waals surface area contributed by atoms with E-state index in [4.69, 9.17) is 10.8 Å². The van der Waals surface area contributed by atoms with E-state index in [1.54, 1.807) is 18.0 Å². The van der Waals surface area contributed by atoms with Gasteiger partial charge >= 0.3 is 0 Å². The zero-order valence-electron chi connectivity index (χ0n) is 19.3. The Hall–Kier alpha value is -3.28. The SMILES string of the molecule is Cc1c(-c2cc(Sc3ccccc3N)c3c(C#N)cnn3c2)cnn1C1C[C@H]2CC[C@@H](C1)N2C. The van der Waals surface area contributed by atoms with Gasteiger partial charge in [-0.3, -0.25) is 4.68 Å². The molecule has 0 aliphatic carbocycles. The fourth-order valence-electron chi connectivity index (χ4n) is 5.74. The fourth-order valence-corrected chi connectivity index (χ4v) is 6.80. The molecule has 2 fully saturated rings. The van der Waals surface area contributed by atoms with Crippen LogP contribution in [0, 0.1) is 18.3 Å². The molecule has 4 aromatic rings. The molecule has 2 N–H and O–H groups in total. The summed E-state index contributed by atoms with van der Waals surface area (Å²) < 4.78 is 4.05. The number of piperidine rings is 1. The van der Waals surface area contributed by atoms with Gasteiger partial charge in [0.05, 0.1) is 29.5 Å². The van der Waals surface area contributed by atoms with Gasteiger partial charge in [-0.05, 0) is 57.9 Å². The predicted molar refractivity (Wildman–Crippen MR) is 134 cm³/mol. The normalized spacial score (nSPS) is 22.3. The third kappa shape index (κ3) is 3.39. The lowest BCUT2D eigenvalue weighted by molar-refractivity contribution is 0.130. The third-order valence-corrected chi connectivity index (χ3v) is 8.73. The van der Waals surface area contributed by atoms with Crippen LogP contribution in [0.3, 0.4) is 0 Å². The first kappa shape index (κ1) is 21.3. The lowest BCUT2D eigenvalue weighted by atomic mass is 9.97. The summed E-state index contributed by atoms with van der Waals surface area (Å²) in [6.45, 7) is 2.17. The monoisotopic (exact) mass is 469 g/mol. The Labute approximate surface area is 203 Å². The van der Waals surface area contributed by atoms with Crippen LogP contribution >= 0.6 is 11.8 Å². The molecule has 8 heteroatoms. The van der Waals surface area contributed by atoms with Crippen molar-refractivity contribution in [2.24, 2.45) is 0 Å². The van der Waals surface area contributed by atoms with Crippen LogP contribution in [0.15, 0.2) is 58.7 Å². The van der Waals surface area contributed by atoms with E-state index in [0.29, 0.717) is 23.7 Å². The maximum absolute atomic E-state index is 9.66. The Bertz CT molecular complexity index is 1410. The van der Waals surface area contributed by atoms with E-state index in [1.165, 1.54) is 18.5 Å². The molecule has 3 atom stereocenters. The molecule has 2 bridgehead atoms. The number of pyridine rings is 1. The molecule has 0 amide bonds. The molecule has 2 saturated heterocycles. The maximum Gasteiger partial charge on any atom is 0.103 e. The van der Waals surface area contributed by atoms with Gasteiger partial charge in [0.25, 0.3) is 0 Å². The van der Waals surface area contributed by atoms with Crippen molar-refractivity contribution in [1.29, 1.82) is 5.26 Å². The standard InChI is InChI=1S/C26H27N7S/c1-16-22(14-30-33(16)21-10-19-7-8-20(11-21)31(19)2)17-9-25(34-24-6-4-3-5-23(24)28)26-18(12-27)13-29-32(26)15-17/h3-6,9,13-15,19-21H,7-8,10-11,28H2,1-2H3/t19-,20+,21?. The minimum absolute atomic E-state index is 0.444. The molecule has 0 saturated carbocycles. The molecule has 0 spiro atoms. The van der Waals surface area contributed by atoms with Crippen LogP contribution in [0.1, 0.15) is 43.0 Å². The highest BCUT2D eigenvalue weighted by molar-refractivity contribution is 7.99. The number of fused-ring (bicyclic) bond motifs is 3. The molecule has 172 valence electrons. The molecule has 34 heavy (non-hydrogen) atoms. The second kappa shape index (κ2) is 8.19. The van der Waals surface area contributed by atoms with Gasteiger partial charge in [-0.2, -0.15) is 15.5 Å². The number of hydrogen-bond acceptors (Lipinski definition) is 6. The lowest BCUT2D eigenvalue weighted by Gasteiger charge is -2.36. The van der Waals surface area contributed by atoms with E-state index >= 15 is 0 Å². The second-order valence-corrected chi connectivity index (χ2v) is 10.5. The predicted octanol–water partition coefficient (Wildman–Crippen LogP) is 4.91. The molecule has 2 aliphatic rings. The topological polar surface area (TPSA) is 88.2 Å². The number of rotatable bonds is 4. The highest BCUT2D eigenvalue weighted by Crippen LogP contribution is 2.42. The fraction of sp³-hybridized carbons (Fsp3) is 0.346. The summed E-state index contributed by atoms with van der Waals surface area (Å²) in [7, 11) is 2.27. The summed E-state index contributed by atoms with van der Waals surface area (Å²) in [6.07, 6.45) is 10.5. The molecule has 5 heterocycles. The molecular weight excluding hydrogens is 442 g/mol. The van der Waals surface area contributed by atoms with Crippen LogP contribution in [0.25, 0.3) is 16.6 Å². The van der Waals surface area contributed by atoms with Gasteiger partial charge in [0.2, 0.25) is 0 Å². The number of hydrogen-bond donors (Lipinski definition) is 1. The summed E-state index contributed by atoms with van der Waals surface area (Å²) >= 11 is 1.57. The largest absolute Gasteiger partial charge is 0.398 e. The highest BCUT2D eigenvalue weighted by atomic mass is 32.2. The molecule has 2 aliphatic heterocycles. The Morgan fingerprint density at radius 3 is 2.56 bits per heavy atom. The van der Waals surface area contributed by atoms with E-state index in [1.807, 2.05) is 41.2 Å². The first-order chi connectivity index (χ1) is 16.5. The summed E-state index contributed by atoms with van der Waals surface area (Å²) in [5.41, 5.74) is 11.6. The number of anilines is 1. The molecule has 7 nitrogen and oxygen atoms in total. The zero-order chi connectivity index (χ0) is 23.4. The first-order valence-electron chi connectivity index (χ1n) is 11.7. The number of nitrogen functional groups attached to an aromatic ring is 1. The summed E-state index contributed by atoms with van der Waals surface area (Å²) in [4.78, 5) is 4.47. The van der Waals surface area contributed by atoms with Crippen LogP contribution in [-0.4, -0.2) is 43.4 Å². The van der Waals surface area contributed by atoms with E-state index in [-0.39, 0.29) is 0 Å². The van der Waals surface area contributed by atoms with E-state index < -0.39 is 0 Å². The number of nitrogens with two attached hydrogens (primary N) is 1. The minimum Gasteiger partial charge on any atom is -0.398 e. The van der Waals surface area contributed by atoms with Gasteiger partial charge in [-0.1, -0.05) is 23.9 Å². The van der Waals surface area contributed by atoms with Crippen LogP contribution in [-0.2, 0) is 0 Å². The van der Waals surface area contributed by atoms with E-state index in [9.17, 15) is 5.26 Å². The molecular formula is C26H27N7S. The van der Waals surface area contributed by atoms with Gasteiger partial charge in [0.1, 0.15) is 6.07 Å². The highest BCUT2D eigenvalue weighted by Gasteiger charge is 2.39. The number of aromatic nitrogens is 4. The average molecular weight is 470 g/mol. The summed E-state index contributed by atoms with van der Waals surface area (Å²) in [6, 6.07) is 14.0. The summed E-state index contributed by atoms with van der Waals surface area (Å²) in [5, 5.41) is 19.0. The maximum atomic E-state index is 9.66. The molecule has 1 aromatic carbocycles. The van der Waals surface area contributed by atoms with Crippen molar-refractivity contribution in [2.45, 2.75) is 60.5 Å². The van der Waals surface area contributed by atoms with Crippen molar-refractivity contribution in [2.75, 3.05) is 12.8 Å². The Balaban J connectivity index is 1.41. The number of benzene rings is 1. The minimum atomic E-state index is 0.444. The molecule has 1 unspecified atom stereocenters. The Morgan fingerprint density at radius 1 is 1.06 bits per heavy atom. The zero-order valence-corrected chi connectivity index (χ0v) is 20.2. The van der Waals surface area contributed by atoms with Crippen LogP contribution in [0.5, 0.6) is 0 Å². The first-order valence-corrected chi connectivity index (χ1v) is 12.6. The van der Waals surface area contributed by atoms with Gasteiger partial charge in [-0.25, -0.2) is 4.52 Å². The van der Waals surface area contributed by atoms with Crippen molar-refractivity contribution in [3.63, 3.8) is 0 Å². The van der Waals surface area contributed by atoms with Crippen LogP contribution in [0.4, 0.5) is 5.69 Å². The van der Waals surface area contributed by atoms with Crippen molar-refractivity contribution in [1.82, 2.24) is 24.3 Å². The van der Waals surface area contributed by atoms with Crippen molar-refractivity contribution >= 4 is 23.0 Å². The van der Waals surface area contributed by atoms with E-state index in [0.717, 1.165) is 45.0 Å². The van der Waals surface area contributed by atoms with Crippen LogP contribution < -0.4 is 5.73 Å². The van der Waals surface area contributed by atoms with Crippen molar-refractivity contribution in [3.05, 3.63) is 60.2 Å².